The molecule has 0 saturated carbocycles. The molecule has 0 aliphatic heterocycles. The maximum Gasteiger partial charge on any atom is 0.283 e. The van der Waals surface area contributed by atoms with Gasteiger partial charge in [0.2, 0.25) is 0 Å². The van der Waals surface area contributed by atoms with Gasteiger partial charge in [-0.15, -0.1) is 0 Å². The SMILES string of the molecule is CCCCOc1ccc(C=NNC(=O)c2sc(N)nc2C)cc1OC. The first-order valence-corrected chi connectivity index (χ1v) is 8.74. The van der Waals surface area contributed by atoms with Crippen molar-refractivity contribution < 1.29 is 14.3 Å². The van der Waals surface area contributed by atoms with E-state index in [4.69, 9.17) is 15.2 Å². The molecule has 8 heteroatoms. The molecule has 1 amide bonds. The molecule has 0 atom stereocenters. The molecule has 1 aromatic carbocycles. The summed E-state index contributed by atoms with van der Waals surface area (Å²) in [6, 6.07) is 5.47. The van der Waals surface area contributed by atoms with Crippen molar-refractivity contribution in [3.8, 4) is 11.5 Å². The number of hydrogen-bond donors (Lipinski definition) is 2. The molecular formula is C17H22N4O3S. The van der Waals surface area contributed by atoms with E-state index in [-0.39, 0.29) is 5.91 Å². The van der Waals surface area contributed by atoms with E-state index < -0.39 is 0 Å². The number of carbonyl (C=O) groups excluding carboxylic acids is 1. The predicted octanol–water partition coefficient (Wildman–Crippen LogP) is 2.99. The number of ether oxygens (including phenoxy) is 2. The van der Waals surface area contributed by atoms with Gasteiger partial charge in [0.1, 0.15) is 4.88 Å². The second kappa shape index (κ2) is 9.03. The highest BCUT2D eigenvalue weighted by molar-refractivity contribution is 7.17. The number of thiazole rings is 1. The van der Waals surface area contributed by atoms with E-state index in [1.807, 2.05) is 12.1 Å². The summed E-state index contributed by atoms with van der Waals surface area (Å²) in [5.41, 5.74) is 9.43. The number of aromatic nitrogens is 1. The lowest BCUT2D eigenvalue weighted by Gasteiger charge is -2.10. The van der Waals surface area contributed by atoms with E-state index in [9.17, 15) is 4.79 Å². The fourth-order valence-electron chi connectivity index (χ4n) is 2.05. The van der Waals surface area contributed by atoms with Crippen LogP contribution in [0.5, 0.6) is 11.5 Å². The van der Waals surface area contributed by atoms with Gasteiger partial charge < -0.3 is 15.2 Å². The van der Waals surface area contributed by atoms with Gasteiger partial charge in [-0.25, -0.2) is 10.4 Å². The predicted molar refractivity (Wildman–Crippen MR) is 99.7 cm³/mol. The molecule has 25 heavy (non-hydrogen) atoms. The van der Waals surface area contributed by atoms with Gasteiger partial charge in [0, 0.05) is 0 Å². The second-order valence-electron chi connectivity index (χ2n) is 5.28. The first-order chi connectivity index (χ1) is 12.0. The van der Waals surface area contributed by atoms with Crippen molar-refractivity contribution in [1.29, 1.82) is 0 Å². The molecule has 1 heterocycles. The van der Waals surface area contributed by atoms with E-state index in [2.05, 4.69) is 22.4 Å². The van der Waals surface area contributed by atoms with E-state index >= 15 is 0 Å². The number of rotatable bonds is 8. The van der Waals surface area contributed by atoms with Gasteiger partial charge in [-0.05, 0) is 37.1 Å². The van der Waals surface area contributed by atoms with Crippen LogP contribution in [0.4, 0.5) is 5.13 Å². The zero-order valence-corrected chi connectivity index (χ0v) is 15.4. The Labute approximate surface area is 150 Å². The second-order valence-corrected chi connectivity index (χ2v) is 6.31. The number of methoxy groups -OCH3 is 1. The number of nitrogens with zero attached hydrogens (tertiary/aromatic N) is 2. The third-order valence-corrected chi connectivity index (χ3v) is 4.33. The molecule has 1 aromatic heterocycles. The molecule has 3 N–H and O–H groups in total. The Morgan fingerprint density at radius 3 is 2.88 bits per heavy atom. The summed E-state index contributed by atoms with van der Waals surface area (Å²) in [7, 11) is 1.59. The fraction of sp³-hybridized carbons (Fsp3) is 0.353. The van der Waals surface area contributed by atoms with Gasteiger partial charge in [-0.3, -0.25) is 4.79 Å². The van der Waals surface area contributed by atoms with Crippen LogP contribution < -0.4 is 20.6 Å². The van der Waals surface area contributed by atoms with E-state index in [1.165, 1.54) is 6.21 Å². The highest BCUT2D eigenvalue weighted by atomic mass is 32.1. The maximum absolute atomic E-state index is 12.0. The number of unbranched alkanes of at least 4 members (excludes halogenated alkanes) is 1. The van der Waals surface area contributed by atoms with Gasteiger partial charge in [0.05, 0.1) is 25.6 Å². The van der Waals surface area contributed by atoms with Crippen LogP contribution in [0.3, 0.4) is 0 Å². The number of benzene rings is 1. The first kappa shape index (κ1) is 18.7. The van der Waals surface area contributed by atoms with Crippen LogP contribution >= 0.6 is 11.3 Å². The standard InChI is InChI=1S/C17H22N4O3S/c1-4-5-8-24-13-7-6-12(9-14(13)23-3)10-19-21-16(22)15-11(2)20-17(18)25-15/h6-7,9-10H,4-5,8H2,1-3H3,(H2,18,20)(H,21,22). The van der Waals surface area contributed by atoms with Crippen LogP contribution in [-0.4, -0.2) is 30.8 Å². The Hall–Kier alpha value is -2.61. The molecule has 0 saturated heterocycles. The van der Waals surface area contributed by atoms with Crippen LogP contribution in [0, 0.1) is 6.92 Å². The summed E-state index contributed by atoms with van der Waals surface area (Å²) >= 11 is 1.13. The van der Waals surface area contributed by atoms with Crippen molar-refractivity contribution in [2.75, 3.05) is 19.5 Å². The first-order valence-electron chi connectivity index (χ1n) is 7.92. The smallest absolute Gasteiger partial charge is 0.283 e. The summed E-state index contributed by atoms with van der Waals surface area (Å²) in [5.74, 6) is 0.972. The average Bonchev–Trinajstić information content (AvgIpc) is 2.94. The highest BCUT2D eigenvalue weighted by Crippen LogP contribution is 2.27. The van der Waals surface area contributed by atoms with Crippen LogP contribution in [-0.2, 0) is 0 Å². The van der Waals surface area contributed by atoms with Gasteiger partial charge in [0.15, 0.2) is 16.6 Å². The molecule has 2 aromatic rings. The molecule has 0 aliphatic rings. The Balaban J connectivity index is 2.00. The van der Waals surface area contributed by atoms with Crippen LogP contribution in [0.25, 0.3) is 0 Å². The normalized spacial score (nSPS) is 10.8. The zero-order chi connectivity index (χ0) is 18.2. The number of anilines is 1. The Morgan fingerprint density at radius 1 is 1.44 bits per heavy atom. The Bertz CT molecular complexity index is 758. The van der Waals surface area contributed by atoms with Crippen LogP contribution in [0.15, 0.2) is 23.3 Å². The molecule has 0 spiro atoms. The number of hydrazone groups is 1. The lowest BCUT2D eigenvalue weighted by molar-refractivity contribution is 0.0958. The molecule has 134 valence electrons. The van der Waals surface area contributed by atoms with Crippen molar-refractivity contribution in [2.24, 2.45) is 5.10 Å². The van der Waals surface area contributed by atoms with Gasteiger partial charge in [0.25, 0.3) is 5.91 Å². The molecule has 0 fully saturated rings. The number of nitrogen functional groups attached to an aromatic ring is 1. The van der Waals surface area contributed by atoms with Gasteiger partial charge in [-0.2, -0.15) is 5.10 Å². The van der Waals surface area contributed by atoms with Gasteiger partial charge >= 0.3 is 0 Å². The number of nitrogens with one attached hydrogen (secondary N) is 1. The lowest BCUT2D eigenvalue weighted by Crippen LogP contribution is -2.17. The molecular weight excluding hydrogens is 340 g/mol. The monoisotopic (exact) mass is 362 g/mol. The van der Waals surface area contributed by atoms with E-state index in [1.54, 1.807) is 20.1 Å². The van der Waals surface area contributed by atoms with E-state index in [0.717, 1.165) is 29.7 Å². The van der Waals surface area contributed by atoms with Gasteiger partial charge in [-0.1, -0.05) is 24.7 Å². The van der Waals surface area contributed by atoms with Crippen LogP contribution in [0.1, 0.15) is 40.7 Å². The Morgan fingerprint density at radius 2 is 2.24 bits per heavy atom. The molecule has 0 radical (unpaired) electrons. The molecule has 0 bridgehead atoms. The zero-order valence-electron chi connectivity index (χ0n) is 14.5. The molecule has 7 nitrogen and oxygen atoms in total. The summed E-state index contributed by atoms with van der Waals surface area (Å²) < 4.78 is 11.0. The minimum atomic E-state index is -0.338. The Kier molecular flexibility index (Phi) is 6.76. The summed E-state index contributed by atoms with van der Waals surface area (Å²) in [5, 5.41) is 4.32. The highest BCUT2D eigenvalue weighted by Gasteiger charge is 2.13. The number of nitrogens with two attached hydrogens (primary N) is 1. The minimum Gasteiger partial charge on any atom is -0.493 e. The lowest BCUT2D eigenvalue weighted by atomic mass is 10.2. The maximum atomic E-state index is 12.0. The summed E-state index contributed by atoms with van der Waals surface area (Å²) in [6.07, 6.45) is 3.59. The number of hydrogen-bond acceptors (Lipinski definition) is 7. The topological polar surface area (TPSA) is 98.8 Å². The quantitative estimate of drug-likeness (QED) is 0.427. The minimum absolute atomic E-state index is 0.338. The third kappa shape index (κ3) is 5.18. The summed E-state index contributed by atoms with van der Waals surface area (Å²) in [6.45, 7) is 4.48. The van der Waals surface area contributed by atoms with Crippen molar-refractivity contribution in [2.45, 2.75) is 26.7 Å². The average molecular weight is 362 g/mol. The van der Waals surface area contributed by atoms with Crippen LogP contribution in [0.2, 0.25) is 0 Å². The fourth-order valence-corrected chi connectivity index (χ4v) is 2.78. The van der Waals surface area contributed by atoms with Crippen molar-refractivity contribution in [1.82, 2.24) is 10.4 Å². The van der Waals surface area contributed by atoms with Crippen molar-refractivity contribution in [3.05, 3.63) is 34.3 Å². The van der Waals surface area contributed by atoms with E-state index in [0.29, 0.717) is 33.8 Å². The molecule has 0 unspecified atom stereocenters. The summed E-state index contributed by atoms with van der Waals surface area (Å²) in [4.78, 5) is 16.5. The number of amides is 1. The number of carbonyl (C=O) groups is 1. The third-order valence-electron chi connectivity index (χ3n) is 3.34. The largest absolute Gasteiger partial charge is 0.493 e. The van der Waals surface area contributed by atoms with Crippen molar-refractivity contribution >= 4 is 28.6 Å². The number of aryl methyl sites for hydroxylation is 1. The molecule has 0 aliphatic carbocycles. The molecule has 2 rings (SSSR count). The van der Waals surface area contributed by atoms with Crippen molar-refractivity contribution in [3.63, 3.8) is 0 Å².